The van der Waals surface area contributed by atoms with Gasteiger partial charge >= 0.3 is 0 Å². The number of carbonyl (C=O) groups excluding carboxylic acids is 1. The highest BCUT2D eigenvalue weighted by Gasteiger charge is 2.25. The molecule has 4 rings (SSSR count). The van der Waals surface area contributed by atoms with E-state index in [0.29, 0.717) is 17.3 Å². The third-order valence-electron chi connectivity index (χ3n) is 5.44. The van der Waals surface area contributed by atoms with Gasteiger partial charge in [-0.25, -0.2) is 0 Å². The summed E-state index contributed by atoms with van der Waals surface area (Å²) in [5, 5.41) is 6.19. The van der Waals surface area contributed by atoms with Gasteiger partial charge in [0.25, 0.3) is 5.91 Å². The summed E-state index contributed by atoms with van der Waals surface area (Å²) in [6, 6.07) is 22.0. The average molecular weight is 409 g/mol. The lowest BCUT2D eigenvalue weighted by Crippen LogP contribution is -2.38. The fourth-order valence-electron chi connectivity index (χ4n) is 3.97. The highest BCUT2D eigenvalue weighted by Crippen LogP contribution is 2.30. The van der Waals surface area contributed by atoms with Crippen molar-refractivity contribution in [3.8, 4) is 5.75 Å². The van der Waals surface area contributed by atoms with Gasteiger partial charge in [-0.15, -0.1) is 0 Å². The zero-order valence-corrected chi connectivity index (χ0v) is 17.1. The quantitative estimate of drug-likeness (QED) is 0.609. The van der Waals surface area contributed by atoms with Crippen molar-refractivity contribution in [2.45, 2.75) is 18.9 Å². The monoisotopic (exact) mass is 408 g/mol. The molecule has 0 unspecified atom stereocenters. The molecule has 3 aromatic carbocycles. The van der Waals surface area contributed by atoms with Gasteiger partial charge in [0.05, 0.1) is 6.04 Å². The van der Waals surface area contributed by atoms with E-state index in [0.717, 1.165) is 13.1 Å². The van der Waals surface area contributed by atoms with E-state index in [1.165, 1.54) is 29.2 Å². The van der Waals surface area contributed by atoms with Gasteiger partial charge in [-0.1, -0.05) is 54.1 Å². The average Bonchev–Trinajstić information content (AvgIpc) is 3.28. The summed E-state index contributed by atoms with van der Waals surface area (Å²) in [7, 11) is 0. The summed E-state index contributed by atoms with van der Waals surface area (Å²) in [4.78, 5) is 14.9. The molecule has 1 amide bonds. The molecule has 0 aliphatic carbocycles. The Morgan fingerprint density at radius 1 is 1.00 bits per heavy atom. The Balaban J connectivity index is 1.45. The zero-order chi connectivity index (χ0) is 20.1. The first-order valence-electron chi connectivity index (χ1n) is 10.1. The van der Waals surface area contributed by atoms with Gasteiger partial charge in [0.15, 0.2) is 6.61 Å². The Morgan fingerprint density at radius 2 is 1.72 bits per heavy atom. The number of benzene rings is 3. The smallest absolute Gasteiger partial charge is 0.258 e. The molecule has 5 heteroatoms. The van der Waals surface area contributed by atoms with Crippen molar-refractivity contribution in [2.75, 3.05) is 26.2 Å². The van der Waals surface area contributed by atoms with Crippen LogP contribution in [0.15, 0.2) is 66.7 Å². The molecule has 29 heavy (non-hydrogen) atoms. The van der Waals surface area contributed by atoms with E-state index in [2.05, 4.69) is 52.7 Å². The van der Waals surface area contributed by atoms with Crippen molar-refractivity contribution >= 4 is 28.3 Å². The molecular formula is C24H25ClN2O2. The summed E-state index contributed by atoms with van der Waals surface area (Å²) in [6.45, 7) is 2.68. The molecule has 0 spiro atoms. The summed E-state index contributed by atoms with van der Waals surface area (Å²) >= 11 is 5.88. The maximum absolute atomic E-state index is 12.4. The minimum atomic E-state index is -0.121. The Bertz CT molecular complexity index is 963. The first-order valence-corrected chi connectivity index (χ1v) is 10.5. The number of carbonyl (C=O) groups is 1. The lowest BCUT2D eigenvalue weighted by atomic mass is 9.97. The lowest BCUT2D eigenvalue weighted by Gasteiger charge is -2.29. The third kappa shape index (κ3) is 4.89. The topological polar surface area (TPSA) is 41.6 Å². The van der Waals surface area contributed by atoms with E-state index in [-0.39, 0.29) is 18.6 Å². The van der Waals surface area contributed by atoms with Crippen LogP contribution in [0.4, 0.5) is 0 Å². The lowest BCUT2D eigenvalue weighted by molar-refractivity contribution is -0.123. The number of rotatable bonds is 7. The molecule has 3 aromatic rings. The van der Waals surface area contributed by atoms with Gasteiger partial charge in [-0.2, -0.15) is 0 Å². The van der Waals surface area contributed by atoms with E-state index >= 15 is 0 Å². The van der Waals surface area contributed by atoms with Gasteiger partial charge in [0, 0.05) is 11.6 Å². The SMILES string of the molecule is O=C(COc1ccc(Cl)cc1)NC[C@H](c1cccc2ccccc12)N1CCCC1. The Hall–Kier alpha value is -2.56. The van der Waals surface area contributed by atoms with Crippen LogP contribution < -0.4 is 10.1 Å². The molecule has 1 saturated heterocycles. The van der Waals surface area contributed by atoms with Crippen LogP contribution in [0.1, 0.15) is 24.4 Å². The van der Waals surface area contributed by atoms with Gasteiger partial charge in [0.2, 0.25) is 0 Å². The normalized spacial score (nSPS) is 15.3. The predicted octanol–water partition coefficient (Wildman–Crippen LogP) is 4.83. The number of likely N-dealkylation sites (tertiary alicyclic amines) is 1. The third-order valence-corrected chi connectivity index (χ3v) is 5.69. The highest BCUT2D eigenvalue weighted by molar-refractivity contribution is 6.30. The van der Waals surface area contributed by atoms with E-state index in [4.69, 9.17) is 16.3 Å². The number of nitrogens with one attached hydrogen (secondary N) is 1. The fraction of sp³-hybridized carbons (Fsp3) is 0.292. The molecule has 1 aliphatic heterocycles. The maximum atomic E-state index is 12.4. The molecule has 150 valence electrons. The van der Waals surface area contributed by atoms with Gasteiger partial charge in [0.1, 0.15) is 5.75 Å². The van der Waals surface area contributed by atoms with Crippen molar-refractivity contribution in [2.24, 2.45) is 0 Å². The molecule has 1 atom stereocenters. The zero-order valence-electron chi connectivity index (χ0n) is 16.3. The van der Waals surface area contributed by atoms with E-state index in [9.17, 15) is 4.79 Å². The second-order valence-electron chi connectivity index (χ2n) is 7.37. The van der Waals surface area contributed by atoms with Crippen molar-refractivity contribution in [3.63, 3.8) is 0 Å². The number of nitrogens with zero attached hydrogens (tertiary/aromatic N) is 1. The molecule has 0 aromatic heterocycles. The van der Waals surface area contributed by atoms with Crippen LogP contribution in [0.3, 0.4) is 0 Å². The molecule has 1 fully saturated rings. The Kier molecular flexibility index (Phi) is 6.33. The van der Waals surface area contributed by atoms with Crippen LogP contribution in [0.5, 0.6) is 5.75 Å². The van der Waals surface area contributed by atoms with E-state index in [1.807, 2.05) is 0 Å². The molecule has 1 N–H and O–H groups in total. The van der Waals surface area contributed by atoms with Gasteiger partial charge in [-0.05, 0) is 66.5 Å². The van der Waals surface area contributed by atoms with Crippen molar-refractivity contribution in [3.05, 3.63) is 77.3 Å². The standard InChI is InChI=1S/C24H25ClN2O2/c25-19-10-12-20(13-11-19)29-17-24(28)26-16-23(27-14-3-4-15-27)22-9-5-7-18-6-1-2-8-21(18)22/h1-2,5-13,23H,3-4,14-17H2,(H,26,28)/t23-/m1/s1. The number of halogens is 1. The molecular weight excluding hydrogens is 384 g/mol. The predicted molar refractivity (Wildman–Crippen MR) is 117 cm³/mol. The second-order valence-corrected chi connectivity index (χ2v) is 7.81. The summed E-state index contributed by atoms with van der Waals surface area (Å²) in [5.74, 6) is 0.513. The Labute approximate surface area is 176 Å². The molecule has 0 bridgehead atoms. The number of amides is 1. The van der Waals surface area contributed by atoms with Gasteiger partial charge < -0.3 is 10.1 Å². The van der Waals surface area contributed by atoms with Crippen LogP contribution in [0.2, 0.25) is 5.02 Å². The number of fused-ring (bicyclic) bond motifs is 1. The molecule has 1 aliphatic rings. The minimum absolute atomic E-state index is 0.0100. The van der Waals surface area contributed by atoms with Crippen LogP contribution in [-0.2, 0) is 4.79 Å². The second kappa shape index (κ2) is 9.29. The van der Waals surface area contributed by atoms with Crippen LogP contribution in [-0.4, -0.2) is 37.0 Å². The van der Waals surface area contributed by atoms with Crippen LogP contribution in [0.25, 0.3) is 10.8 Å². The van der Waals surface area contributed by atoms with Crippen LogP contribution >= 0.6 is 11.6 Å². The Morgan fingerprint density at radius 3 is 2.52 bits per heavy atom. The van der Waals surface area contributed by atoms with E-state index in [1.54, 1.807) is 24.3 Å². The minimum Gasteiger partial charge on any atom is -0.484 e. The summed E-state index contributed by atoms with van der Waals surface area (Å²) in [5.41, 5.74) is 1.27. The van der Waals surface area contributed by atoms with Crippen molar-refractivity contribution < 1.29 is 9.53 Å². The van der Waals surface area contributed by atoms with Crippen LogP contribution in [0, 0.1) is 0 Å². The summed E-state index contributed by atoms with van der Waals surface area (Å²) in [6.07, 6.45) is 2.41. The van der Waals surface area contributed by atoms with Crippen molar-refractivity contribution in [1.29, 1.82) is 0 Å². The van der Waals surface area contributed by atoms with Gasteiger partial charge in [-0.3, -0.25) is 9.69 Å². The molecule has 0 radical (unpaired) electrons. The highest BCUT2D eigenvalue weighted by atomic mass is 35.5. The largest absolute Gasteiger partial charge is 0.484 e. The molecule has 0 saturated carbocycles. The fourth-order valence-corrected chi connectivity index (χ4v) is 4.10. The number of ether oxygens (including phenoxy) is 1. The first-order chi connectivity index (χ1) is 14.2. The number of hydrogen-bond donors (Lipinski definition) is 1. The first kappa shape index (κ1) is 19.7. The van der Waals surface area contributed by atoms with E-state index < -0.39 is 0 Å². The summed E-state index contributed by atoms with van der Waals surface area (Å²) < 4.78 is 5.57. The molecule has 1 heterocycles. The number of hydrogen-bond acceptors (Lipinski definition) is 3. The molecule has 4 nitrogen and oxygen atoms in total. The maximum Gasteiger partial charge on any atom is 0.258 e. The van der Waals surface area contributed by atoms with Crippen molar-refractivity contribution in [1.82, 2.24) is 10.2 Å².